The Bertz CT molecular complexity index is 854. The molecule has 4 rings (SSSR count). The minimum atomic E-state index is -0.168. The Morgan fingerprint density at radius 3 is 2.79 bits per heavy atom. The van der Waals surface area contributed by atoms with Gasteiger partial charge in [0.05, 0.1) is 12.0 Å². The van der Waals surface area contributed by atoms with Crippen molar-refractivity contribution < 1.29 is 0 Å². The maximum Gasteiger partial charge on any atom is 0.284 e. The van der Waals surface area contributed by atoms with Gasteiger partial charge in [-0.2, -0.15) is 4.98 Å². The van der Waals surface area contributed by atoms with Crippen LogP contribution in [-0.4, -0.2) is 24.7 Å². The zero-order valence-electron chi connectivity index (χ0n) is 14.2. The molecule has 6 heteroatoms. The van der Waals surface area contributed by atoms with Crippen molar-refractivity contribution in [2.24, 2.45) is 0 Å². The van der Waals surface area contributed by atoms with E-state index in [-0.39, 0.29) is 11.5 Å². The highest BCUT2D eigenvalue weighted by molar-refractivity contribution is 5.59. The van der Waals surface area contributed by atoms with Gasteiger partial charge >= 0.3 is 0 Å². The summed E-state index contributed by atoms with van der Waals surface area (Å²) in [6.45, 7) is 4.08. The number of H-pyrrole nitrogens is 2. The van der Waals surface area contributed by atoms with E-state index in [1.807, 2.05) is 25.3 Å². The van der Waals surface area contributed by atoms with Crippen LogP contribution in [0.15, 0.2) is 23.1 Å². The number of nitrogens with one attached hydrogen (secondary N) is 2. The second-order valence-corrected chi connectivity index (χ2v) is 6.68. The molecular formula is C18H23N5O. The van der Waals surface area contributed by atoms with Gasteiger partial charge in [0.25, 0.3) is 5.56 Å². The third-order valence-corrected chi connectivity index (χ3v) is 5.18. The molecule has 1 aromatic rings. The average molecular weight is 325 g/mol. The van der Waals surface area contributed by atoms with E-state index in [1.54, 1.807) is 0 Å². The molecule has 3 aliphatic rings. The van der Waals surface area contributed by atoms with E-state index < -0.39 is 0 Å². The molecule has 1 atom stereocenters. The molecular weight excluding hydrogens is 302 g/mol. The van der Waals surface area contributed by atoms with Crippen LogP contribution >= 0.6 is 0 Å². The maximum absolute atomic E-state index is 12.7. The number of rotatable bonds is 4. The van der Waals surface area contributed by atoms with E-state index >= 15 is 0 Å². The van der Waals surface area contributed by atoms with E-state index in [2.05, 4.69) is 26.7 Å². The standard InChI is InChI=1S/C18H23N5O/c1-3-13-15-17(23(22-13)12-7-4-5-8-12)20-16(21-18(15)24)11(2)14-9-6-10-19-14/h6,9-12,19,22H,3-5,7-8H2,1-2H3. The molecule has 0 aromatic carbocycles. The van der Waals surface area contributed by atoms with E-state index in [4.69, 9.17) is 4.98 Å². The van der Waals surface area contributed by atoms with Crippen molar-refractivity contribution in [1.82, 2.24) is 24.7 Å². The van der Waals surface area contributed by atoms with Gasteiger partial charge in [0, 0.05) is 17.6 Å². The molecule has 1 aliphatic carbocycles. The highest BCUT2D eigenvalue weighted by Crippen LogP contribution is 2.34. The molecule has 0 saturated heterocycles. The van der Waals surface area contributed by atoms with Crippen LogP contribution in [0.2, 0.25) is 0 Å². The van der Waals surface area contributed by atoms with Gasteiger partial charge < -0.3 is 4.98 Å². The molecule has 6 nitrogen and oxygen atoms in total. The predicted molar refractivity (Wildman–Crippen MR) is 92.5 cm³/mol. The first-order chi connectivity index (χ1) is 11.7. The Morgan fingerprint density at radius 2 is 2.12 bits per heavy atom. The van der Waals surface area contributed by atoms with Crippen LogP contribution in [0.5, 0.6) is 0 Å². The molecule has 126 valence electrons. The molecule has 0 bridgehead atoms. The molecule has 1 unspecified atom stereocenters. The second-order valence-electron chi connectivity index (χ2n) is 6.68. The van der Waals surface area contributed by atoms with Crippen LogP contribution in [0.25, 0.3) is 11.4 Å². The minimum absolute atomic E-state index is 0.0332. The summed E-state index contributed by atoms with van der Waals surface area (Å²) in [5.74, 6) is 1.32. The van der Waals surface area contributed by atoms with Crippen molar-refractivity contribution in [2.45, 2.75) is 57.9 Å². The fourth-order valence-corrected chi connectivity index (χ4v) is 3.77. The smallest absolute Gasteiger partial charge is 0.284 e. The largest absolute Gasteiger partial charge is 0.364 e. The summed E-state index contributed by atoms with van der Waals surface area (Å²) in [6, 6.07) is 4.37. The van der Waals surface area contributed by atoms with Gasteiger partial charge in [-0.3, -0.25) is 14.6 Å². The molecule has 1 saturated carbocycles. The molecule has 0 radical (unpaired) electrons. The Labute approximate surface area is 140 Å². The summed E-state index contributed by atoms with van der Waals surface area (Å²) in [5.41, 5.74) is 2.46. The molecule has 24 heavy (non-hydrogen) atoms. The number of aryl methyl sites for hydroxylation is 1. The Balaban J connectivity index is 1.87. The fourth-order valence-electron chi connectivity index (χ4n) is 3.77. The van der Waals surface area contributed by atoms with Gasteiger partial charge in [0.2, 0.25) is 0 Å². The van der Waals surface area contributed by atoms with Gasteiger partial charge in [0.15, 0.2) is 5.82 Å². The average Bonchev–Trinajstić information content (AvgIpc) is 3.32. The van der Waals surface area contributed by atoms with Crippen molar-refractivity contribution in [2.75, 3.05) is 0 Å². The van der Waals surface area contributed by atoms with Gasteiger partial charge in [-0.05, 0) is 38.3 Å². The first-order valence-electron chi connectivity index (χ1n) is 8.83. The monoisotopic (exact) mass is 325 g/mol. The Kier molecular flexibility index (Phi) is 3.75. The number of fused-ring (bicyclic) bond motifs is 1. The fraction of sp³-hybridized carbons (Fsp3) is 0.500. The number of aromatic nitrogens is 5. The highest BCUT2D eigenvalue weighted by atomic mass is 16.1. The summed E-state index contributed by atoms with van der Waals surface area (Å²) in [6.07, 6.45) is 7.42. The first kappa shape index (κ1) is 15.2. The number of hydrogen-bond acceptors (Lipinski definition) is 3. The van der Waals surface area contributed by atoms with Crippen molar-refractivity contribution in [3.8, 4) is 11.4 Å². The highest BCUT2D eigenvalue weighted by Gasteiger charge is 2.28. The lowest BCUT2D eigenvalue weighted by Crippen LogP contribution is -2.20. The summed E-state index contributed by atoms with van der Waals surface area (Å²) < 4.78 is 2.12. The SMILES string of the molecule is CCc1[nH]n(C2CCCC2)c2nc(C(C)c3ccc[nH]3)nc(=O)c1-2. The normalized spacial score (nSPS) is 16.9. The van der Waals surface area contributed by atoms with Crippen LogP contribution in [0.1, 0.15) is 68.7 Å². The summed E-state index contributed by atoms with van der Waals surface area (Å²) in [7, 11) is 0. The predicted octanol–water partition coefficient (Wildman–Crippen LogP) is 3.23. The van der Waals surface area contributed by atoms with Crippen LogP contribution in [0, 0.1) is 0 Å². The van der Waals surface area contributed by atoms with Gasteiger partial charge in [-0.1, -0.05) is 19.8 Å². The lowest BCUT2D eigenvalue weighted by atomic mass is 10.1. The third-order valence-electron chi connectivity index (χ3n) is 5.18. The van der Waals surface area contributed by atoms with E-state index in [9.17, 15) is 4.79 Å². The third kappa shape index (κ3) is 2.37. The number of hydrogen-bond donors (Lipinski definition) is 2. The van der Waals surface area contributed by atoms with Gasteiger partial charge in [-0.15, -0.1) is 0 Å². The molecule has 2 N–H and O–H groups in total. The number of nitrogens with zero attached hydrogens (tertiary/aromatic N) is 3. The maximum atomic E-state index is 12.7. The molecule has 2 aliphatic heterocycles. The molecule has 0 spiro atoms. The lowest BCUT2D eigenvalue weighted by molar-refractivity contribution is 0.463. The van der Waals surface area contributed by atoms with Crippen LogP contribution in [-0.2, 0) is 6.42 Å². The topological polar surface area (TPSA) is 79.4 Å². The molecule has 1 fully saturated rings. The Morgan fingerprint density at radius 1 is 1.33 bits per heavy atom. The lowest BCUT2D eigenvalue weighted by Gasteiger charge is -2.15. The summed E-state index contributed by atoms with van der Waals surface area (Å²) >= 11 is 0. The van der Waals surface area contributed by atoms with Gasteiger partial charge in [-0.25, -0.2) is 4.98 Å². The molecule has 1 aromatic heterocycles. The Hall–Kier alpha value is -2.37. The van der Waals surface area contributed by atoms with Crippen LogP contribution < -0.4 is 5.56 Å². The number of aromatic amines is 2. The second kappa shape index (κ2) is 5.92. The van der Waals surface area contributed by atoms with Crippen molar-refractivity contribution in [1.29, 1.82) is 0 Å². The van der Waals surface area contributed by atoms with E-state index in [0.717, 1.165) is 36.5 Å². The summed E-state index contributed by atoms with van der Waals surface area (Å²) in [4.78, 5) is 25.0. The first-order valence-corrected chi connectivity index (χ1v) is 8.83. The molecule has 0 amide bonds. The van der Waals surface area contributed by atoms with E-state index in [0.29, 0.717) is 17.4 Å². The van der Waals surface area contributed by atoms with Crippen molar-refractivity contribution >= 4 is 0 Å². The zero-order valence-corrected chi connectivity index (χ0v) is 14.2. The van der Waals surface area contributed by atoms with Gasteiger partial charge in [0.1, 0.15) is 11.4 Å². The van der Waals surface area contributed by atoms with E-state index in [1.165, 1.54) is 12.8 Å². The zero-order chi connectivity index (χ0) is 16.7. The van der Waals surface area contributed by atoms with Crippen molar-refractivity contribution in [3.05, 3.63) is 45.9 Å². The molecule has 3 heterocycles. The van der Waals surface area contributed by atoms with Crippen LogP contribution in [0.3, 0.4) is 0 Å². The minimum Gasteiger partial charge on any atom is -0.364 e. The van der Waals surface area contributed by atoms with Crippen molar-refractivity contribution in [3.63, 3.8) is 0 Å². The quantitative estimate of drug-likeness (QED) is 0.773. The van der Waals surface area contributed by atoms with Crippen LogP contribution in [0.4, 0.5) is 0 Å². The summed E-state index contributed by atoms with van der Waals surface area (Å²) in [5, 5.41) is 3.43.